The summed E-state index contributed by atoms with van der Waals surface area (Å²) in [6, 6.07) is 18.4. The Labute approximate surface area is 352 Å². The number of ether oxygens (including phenoxy) is 4. The van der Waals surface area contributed by atoms with Gasteiger partial charge in [0.1, 0.15) is 16.9 Å². The molecule has 0 N–H and O–H groups in total. The van der Waals surface area contributed by atoms with Gasteiger partial charge in [0.25, 0.3) is 0 Å². The number of nitrogens with zero attached hydrogens (tertiary/aromatic N) is 7. The van der Waals surface area contributed by atoms with Crippen molar-refractivity contribution in [1.82, 2.24) is 29.9 Å². The summed E-state index contributed by atoms with van der Waals surface area (Å²) in [7, 11) is 6.59. The number of aryl methyl sites for hydroxylation is 1. The van der Waals surface area contributed by atoms with Crippen molar-refractivity contribution >= 4 is 44.9 Å². The van der Waals surface area contributed by atoms with E-state index in [1.807, 2.05) is 42.5 Å². The summed E-state index contributed by atoms with van der Waals surface area (Å²) in [6.07, 6.45) is 8.68. The van der Waals surface area contributed by atoms with Gasteiger partial charge in [-0.15, -0.1) is 0 Å². The second kappa shape index (κ2) is 16.1. The first-order valence-electron chi connectivity index (χ1n) is 20.3. The first-order chi connectivity index (χ1) is 28.5. The standard InChI is InChI=1S/C49H56N7O4/c1-14-41-51-34-22-30(17-19-31(34)44(53-41)47(2,3)4)23-43-55-45(48(5,6)7)33-25-38(58-11)40(60-13)27-36(33)56(43)49(8,9)46-32-24-37(57-10)39(59-12)26-35(32)52-42(54-46)20-18-29-16-15-21-50-28-29/h15-22,24-28H,14,23H2,1-13H3/q+1/b20-18+. The number of benzene rings is 3. The molecule has 4 aromatic heterocycles. The first kappa shape index (κ1) is 41.9. The van der Waals surface area contributed by atoms with Gasteiger partial charge in [0, 0.05) is 52.5 Å². The van der Waals surface area contributed by atoms with Crippen LogP contribution in [0.15, 0.2) is 67.0 Å². The Balaban J connectivity index is 1.56. The Morgan fingerprint density at radius 3 is 1.83 bits per heavy atom. The number of hydrogen-bond acceptors (Lipinski definition) is 10. The molecule has 0 amide bonds. The fourth-order valence-corrected chi connectivity index (χ4v) is 7.95. The number of aromatic nitrogens is 7. The first-order valence-corrected chi connectivity index (χ1v) is 20.3. The molecule has 0 aliphatic heterocycles. The Bertz CT molecular complexity index is 2770. The molecule has 0 aliphatic carbocycles. The summed E-state index contributed by atoms with van der Waals surface area (Å²) in [5, 5.41) is 2.81. The van der Waals surface area contributed by atoms with Crippen molar-refractivity contribution in [3.05, 3.63) is 113 Å². The van der Waals surface area contributed by atoms with Crippen LogP contribution >= 0.6 is 0 Å². The molecule has 0 spiro atoms. The van der Waals surface area contributed by atoms with E-state index in [1.54, 1.807) is 40.8 Å². The van der Waals surface area contributed by atoms with E-state index in [9.17, 15) is 0 Å². The minimum Gasteiger partial charge on any atom is -0.493 e. The van der Waals surface area contributed by atoms with Crippen LogP contribution in [-0.2, 0) is 29.2 Å². The number of rotatable bonds is 11. The summed E-state index contributed by atoms with van der Waals surface area (Å²) >= 11 is 0. The monoisotopic (exact) mass is 806 g/mol. The third kappa shape index (κ3) is 7.92. The molecule has 60 heavy (non-hydrogen) atoms. The Morgan fingerprint density at radius 1 is 0.600 bits per heavy atom. The highest BCUT2D eigenvalue weighted by Crippen LogP contribution is 2.40. The lowest BCUT2D eigenvalue weighted by Gasteiger charge is -2.29. The molecule has 7 aromatic rings. The fourth-order valence-electron chi connectivity index (χ4n) is 7.95. The van der Waals surface area contributed by atoms with Crippen LogP contribution in [0.2, 0.25) is 0 Å². The third-order valence-corrected chi connectivity index (χ3v) is 10.9. The van der Waals surface area contributed by atoms with Crippen molar-refractivity contribution in [3.8, 4) is 23.0 Å². The summed E-state index contributed by atoms with van der Waals surface area (Å²) in [5.41, 5.74) is 5.94. The number of hydrogen-bond donors (Lipinski definition) is 0. The quantitative estimate of drug-likeness (QED) is 0.117. The van der Waals surface area contributed by atoms with E-state index in [2.05, 4.69) is 96.1 Å². The van der Waals surface area contributed by atoms with Gasteiger partial charge in [-0.3, -0.25) is 4.98 Å². The van der Waals surface area contributed by atoms with E-state index in [0.29, 0.717) is 40.8 Å². The lowest BCUT2D eigenvalue weighted by molar-refractivity contribution is -0.733. The van der Waals surface area contributed by atoms with Crippen LogP contribution in [0.25, 0.3) is 44.9 Å². The molecular weight excluding hydrogens is 751 g/mol. The maximum atomic E-state index is 5.99. The van der Waals surface area contributed by atoms with Gasteiger partial charge in [0.2, 0.25) is 0 Å². The Hall–Kier alpha value is -6.23. The van der Waals surface area contributed by atoms with Gasteiger partial charge in [-0.1, -0.05) is 66.7 Å². The molecule has 7 rings (SSSR count). The molecule has 0 bridgehead atoms. The fraction of sp³-hybridized carbons (Fsp3) is 0.367. The smallest absolute Gasteiger partial charge is 0.304 e. The predicted octanol–water partition coefficient (Wildman–Crippen LogP) is 9.54. The molecule has 4 heterocycles. The van der Waals surface area contributed by atoms with Gasteiger partial charge in [0.15, 0.2) is 34.5 Å². The largest absolute Gasteiger partial charge is 0.493 e. The number of pyridine rings is 1. The lowest BCUT2D eigenvalue weighted by Crippen LogP contribution is -2.58. The highest BCUT2D eigenvalue weighted by atomic mass is 16.5. The maximum Gasteiger partial charge on any atom is 0.304 e. The van der Waals surface area contributed by atoms with Crippen LogP contribution in [0.4, 0.5) is 0 Å². The van der Waals surface area contributed by atoms with Crippen molar-refractivity contribution in [2.24, 2.45) is 0 Å². The molecule has 3 aromatic carbocycles. The molecule has 11 heteroatoms. The molecule has 0 unspecified atom stereocenters. The molecule has 0 aliphatic rings. The normalized spacial score (nSPS) is 12.5. The van der Waals surface area contributed by atoms with Crippen molar-refractivity contribution in [2.45, 2.75) is 91.5 Å². The van der Waals surface area contributed by atoms with E-state index >= 15 is 0 Å². The zero-order valence-corrected chi connectivity index (χ0v) is 37.2. The second-order valence-corrected chi connectivity index (χ2v) is 17.6. The van der Waals surface area contributed by atoms with Gasteiger partial charge in [-0.2, -0.15) is 0 Å². The highest BCUT2D eigenvalue weighted by Gasteiger charge is 2.40. The molecule has 0 atom stereocenters. The van der Waals surface area contributed by atoms with Crippen LogP contribution in [0.5, 0.6) is 23.0 Å². The van der Waals surface area contributed by atoms with Gasteiger partial charge in [-0.25, -0.2) is 24.5 Å². The van der Waals surface area contributed by atoms with E-state index in [-0.39, 0.29) is 10.8 Å². The van der Waals surface area contributed by atoms with Crippen LogP contribution in [0.3, 0.4) is 0 Å². The van der Waals surface area contributed by atoms with Gasteiger partial charge in [0.05, 0.1) is 62.7 Å². The van der Waals surface area contributed by atoms with Crippen molar-refractivity contribution in [3.63, 3.8) is 0 Å². The summed E-state index contributed by atoms with van der Waals surface area (Å²) in [4.78, 5) is 30.3. The zero-order valence-electron chi connectivity index (χ0n) is 37.2. The SMILES string of the molecule is CCc1nc(C(C)(C)C)c2ccc(Cc3nc(C(C)(C)C)c4cc(OC)c(OC)cc4[n+]3C(C)(C)c3nc(/C=C/c4cccnc4)nc4cc(OC)c(OC)cc34)cc2n1. The van der Waals surface area contributed by atoms with Crippen LogP contribution in [0.1, 0.15) is 108 Å². The second-order valence-electron chi connectivity index (χ2n) is 17.6. The van der Waals surface area contributed by atoms with Crippen LogP contribution in [0, 0.1) is 0 Å². The minimum absolute atomic E-state index is 0.152. The van der Waals surface area contributed by atoms with Crippen molar-refractivity contribution in [2.75, 3.05) is 28.4 Å². The average molecular weight is 807 g/mol. The average Bonchev–Trinajstić information content (AvgIpc) is 3.22. The molecular formula is C49H56N7O4+. The lowest BCUT2D eigenvalue weighted by atomic mass is 9.87. The van der Waals surface area contributed by atoms with E-state index < -0.39 is 5.54 Å². The van der Waals surface area contributed by atoms with Gasteiger partial charge >= 0.3 is 5.82 Å². The Morgan fingerprint density at radius 2 is 1.22 bits per heavy atom. The third-order valence-electron chi connectivity index (χ3n) is 10.9. The minimum atomic E-state index is -0.859. The molecule has 0 saturated heterocycles. The summed E-state index contributed by atoms with van der Waals surface area (Å²) in [5.74, 6) is 4.57. The molecule has 0 radical (unpaired) electrons. The zero-order chi connectivity index (χ0) is 43.1. The molecule has 0 fully saturated rings. The molecule has 0 saturated carbocycles. The predicted molar refractivity (Wildman–Crippen MR) is 238 cm³/mol. The van der Waals surface area contributed by atoms with Crippen molar-refractivity contribution in [1.29, 1.82) is 0 Å². The Kier molecular flexibility index (Phi) is 11.2. The van der Waals surface area contributed by atoms with E-state index in [4.69, 9.17) is 43.9 Å². The van der Waals surface area contributed by atoms with E-state index in [1.165, 1.54) is 0 Å². The van der Waals surface area contributed by atoms with Crippen LogP contribution < -0.4 is 23.5 Å². The van der Waals surface area contributed by atoms with Gasteiger partial charge < -0.3 is 18.9 Å². The van der Waals surface area contributed by atoms with Gasteiger partial charge in [-0.05, 0) is 66.4 Å². The summed E-state index contributed by atoms with van der Waals surface area (Å²) < 4.78 is 25.8. The molecule has 11 nitrogen and oxygen atoms in total. The number of fused-ring (bicyclic) bond motifs is 3. The number of methoxy groups -OCH3 is 4. The maximum absolute atomic E-state index is 5.99. The van der Waals surface area contributed by atoms with E-state index in [0.717, 1.165) is 73.5 Å². The topological polar surface area (TPSA) is 118 Å². The van der Waals surface area contributed by atoms with Crippen LogP contribution in [-0.4, -0.2) is 58.3 Å². The van der Waals surface area contributed by atoms with Crippen molar-refractivity contribution < 1.29 is 23.5 Å². The molecule has 310 valence electrons. The highest BCUT2D eigenvalue weighted by molar-refractivity contribution is 5.88. The summed E-state index contributed by atoms with van der Waals surface area (Å²) in [6.45, 7) is 19.6.